The van der Waals surface area contributed by atoms with Gasteiger partial charge < -0.3 is 4.90 Å². The second-order valence-corrected chi connectivity index (χ2v) is 9.57. The minimum absolute atomic E-state index is 0.00398. The van der Waals surface area contributed by atoms with Crippen molar-refractivity contribution in [3.8, 4) is 0 Å². The van der Waals surface area contributed by atoms with Crippen LogP contribution in [0.2, 0.25) is 0 Å². The molecule has 1 unspecified atom stereocenters. The first-order chi connectivity index (χ1) is 13.6. The number of halogens is 3. The number of benzene rings is 1. The van der Waals surface area contributed by atoms with Crippen LogP contribution in [0.25, 0.3) is 0 Å². The van der Waals surface area contributed by atoms with E-state index in [1.807, 2.05) is 0 Å². The number of carbonyl (C=O) groups excluding carboxylic acids is 1. The molecule has 1 fully saturated rings. The zero-order valence-electron chi connectivity index (χ0n) is 15.3. The van der Waals surface area contributed by atoms with Gasteiger partial charge in [0.25, 0.3) is 0 Å². The lowest BCUT2D eigenvalue weighted by Gasteiger charge is -2.35. The number of thioether (sulfide) groups is 1. The van der Waals surface area contributed by atoms with Crippen LogP contribution in [0.15, 0.2) is 40.6 Å². The van der Waals surface area contributed by atoms with Gasteiger partial charge in [0.15, 0.2) is 5.16 Å². The van der Waals surface area contributed by atoms with Gasteiger partial charge in [-0.25, -0.2) is 13.4 Å². The number of hydrogen-bond donors (Lipinski definition) is 1. The van der Waals surface area contributed by atoms with E-state index < -0.39 is 31.9 Å². The molecule has 1 aliphatic heterocycles. The van der Waals surface area contributed by atoms with Crippen LogP contribution in [0.4, 0.5) is 13.2 Å². The van der Waals surface area contributed by atoms with Crippen molar-refractivity contribution >= 4 is 27.7 Å². The molecule has 158 valence electrons. The van der Waals surface area contributed by atoms with Crippen LogP contribution < -0.4 is 0 Å². The average Bonchev–Trinajstić information content (AvgIpc) is 3.20. The largest absolute Gasteiger partial charge is 0.416 e. The molecule has 1 aliphatic rings. The van der Waals surface area contributed by atoms with Gasteiger partial charge in [-0.1, -0.05) is 17.8 Å². The van der Waals surface area contributed by atoms with E-state index >= 15 is 0 Å². The standard InChI is InChI=1S/C16H18F3N5O3S2/c1-11(28-15-20-10-21-22-15)14(25)23-5-7-24(8-6-23)29(26,27)13-4-2-3-12(9-13)16(17,18)19/h2-4,9-11H,5-8H2,1H3,(H,20,21,22). The summed E-state index contributed by atoms with van der Waals surface area (Å²) in [6, 6.07) is 3.66. The van der Waals surface area contributed by atoms with Crippen LogP contribution in [0.5, 0.6) is 0 Å². The summed E-state index contributed by atoms with van der Waals surface area (Å²) >= 11 is 1.20. The number of aromatic nitrogens is 3. The number of amides is 1. The Morgan fingerprint density at radius 2 is 1.93 bits per heavy atom. The Bertz CT molecular complexity index is 958. The summed E-state index contributed by atoms with van der Waals surface area (Å²) in [6.45, 7) is 2.02. The van der Waals surface area contributed by atoms with Crippen LogP contribution in [0, 0.1) is 0 Å². The molecular weight excluding hydrogens is 431 g/mol. The van der Waals surface area contributed by atoms with E-state index in [-0.39, 0.29) is 32.1 Å². The molecule has 1 amide bonds. The number of piperazine rings is 1. The van der Waals surface area contributed by atoms with Crippen LogP contribution in [-0.4, -0.2) is 70.1 Å². The first-order valence-corrected chi connectivity index (χ1v) is 10.9. The minimum atomic E-state index is -4.63. The number of carbonyl (C=O) groups is 1. The van der Waals surface area contributed by atoms with Crippen molar-refractivity contribution in [1.82, 2.24) is 24.4 Å². The maximum atomic E-state index is 12.9. The lowest BCUT2D eigenvalue weighted by Crippen LogP contribution is -2.52. The van der Waals surface area contributed by atoms with E-state index in [0.29, 0.717) is 11.2 Å². The smallest absolute Gasteiger partial charge is 0.339 e. The Balaban J connectivity index is 1.64. The number of sulfonamides is 1. The number of aromatic amines is 1. The molecule has 1 saturated heterocycles. The van der Waals surface area contributed by atoms with Crippen LogP contribution in [0.1, 0.15) is 12.5 Å². The average molecular weight is 449 g/mol. The van der Waals surface area contributed by atoms with E-state index in [1.54, 1.807) is 6.92 Å². The molecule has 1 N–H and O–H groups in total. The third-order valence-electron chi connectivity index (χ3n) is 4.38. The summed E-state index contributed by atoms with van der Waals surface area (Å²) in [5, 5.41) is 6.41. The Morgan fingerprint density at radius 1 is 1.24 bits per heavy atom. The quantitative estimate of drug-likeness (QED) is 0.700. The number of H-pyrrole nitrogens is 1. The summed E-state index contributed by atoms with van der Waals surface area (Å²) in [5.41, 5.74) is -1.02. The lowest BCUT2D eigenvalue weighted by atomic mass is 10.2. The maximum absolute atomic E-state index is 12.9. The van der Waals surface area contributed by atoms with E-state index in [0.717, 1.165) is 22.5 Å². The van der Waals surface area contributed by atoms with Crippen molar-refractivity contribution in [1.29, 1.82) is 0 Å². The highest BCUT2D eigenvalue weighted by molar-refractivity contribution is 8.00. The monoisotopic (exact) mass is 449 g/mol. The number of rotatable bonds is 5. The topological polar surface area (TPSA) is 99.3 Å². The van der Waals surface area contributed by atoms with Gasteiger partial charge in [-0.05, 0) is 25.1 Å². The Kier molecular flexibility index (Phi) is 6.19. The number of nitrogens with zero attached hydrogens (tertiary/aromatic N) is 4. The normalized spacial score (nSPS) is 17.3. The molecular formula is C16H18F3N5O3S2. The highest BCUT2D eigenvalue weighted by atomic mass is 32.2. The fourth-order valence-corrected chi connectivity index (χ4v) is 5.12. The van der Waals surface area contributed by atoms with Gasteiger partial charge in [0.2, 0.25) is 15.9 Å². The molecule has 0 saturated carbocycles. The molecule has 29 heavy (non-hydrogen) atoms. The molecule has 1 aromatic heterocycles. The zero-order chi connectivity index (χ0) is 21.2. The third kappa shape index (κ3) is 4.90. The summed E-state index contributed by atoms with van der Waals surface area (Å²) in [4.78, 5) is 17.6. The molecule has 1 aromatic carbocycles. The molecule has 1 atom stereocenters. The number of alkyl halides is 3. The summed E-state index contributed by atoms with van der Waals surface area (Å²) in [5.74, 6) is -0.178. The Hall–Kier alpha value is -2.12. The predicted octanol–water partition coefficient (Wildman–Crippen LogP) is 1.84. The summed E-state index contributed by atoms with van der Waals surface area (Å²) < 4.78 is 65.2. The molecule has 3 rings (SSSR count). The van der Waals surface area contributed by atoms with Crippen molar-refractivity contribution in [2.45, 2.75) is 28.4 Å². The number of nitrogens with one attached hydrogen (secondary N) is 1. The van der Waals surface area contributed by atoms with Crippen molar-refractivity contribution in [2.24, 2.45) is 0 Å². The first-order valence-electron chi connectivity index (χ1n) is 8.57. The molecule has 13 heteroatoms. The molecule has 0 spiro atoms. The molecule has 0 aliphatic carbocycles. The van der Waals surface area contributed by atoms with E-state index in [9.17, 15) is 26.4 Å². The van der Waals surface area contributed by atoms with Gasteiger partial charge in [-0.2, -0.15) is 22.6 Å². The van der Waals surface area contributed by atoms with Gasteiger partial charge in [0.1, 0.15) is 6.33 Å². The molecule has 2 heterocycles. The predicted molar refractivity (Wildman–Crippen MR) is 98.5 cm³/mol. The first kappa shape index (κ1) is 21.6. The fourth-order valence-electron chi connectivity index (χ4n) is 2.86. The van der Waals surface area contributed by atoms with Gasteiger partial charge in [-0.15, -0.1) is 0 Å². The summed E-state index contributed by atoms with van der Waals surface area (Å²) in [6.07, 6.45) is -3.30. The Morgan fingerprint density at radius 3 is 2.52 bits per heavy atom. The second-order valence-electron chi connectivity index (χ2n) is 6.31. The molecule has 2 aromatic rings. The lowest BCUT2D eigenvalue weighted by molar-refractivity contribution is -0.137. The highest BCUT2D eigenvalue weighted by Crippen LogP contribution is 2.31. The van der Waals surface area contributed by atoms with Crippen molar-refractivity contribution in [3.05, 3.63) is 36.2 Å². The molecule has 0 radical (unpaired) electrons. The zero-order valence-corrected chi connectivity index (χ0v) is 16.9. The Labute approximate surface area is 169 Å². The van der Waals surface area contributed by atoms with E-state index in [1.165, 1.54) is 23.0 Å². The SMILES string of the molecule is CC(Sc1ncn[nH]1)C(=O)N1CCN(S(=O)(=O)c2cccc(C(F)(F)F)c2)CC1. The summed E-state index contributed by atoms with van der Waals surface area (Å²) in [7, 11) is -4.09. The minimum Gasteiger partial charge on any atom is -0.339 e. The fraction of sp³-hybridized carbons (Fsp3) is 0.438. The van der Waals surface area contributed by atoms with E-state index in [2.05, 4.69) is 15.2 Å². The van der Waals surface area contributed by atoms with Crippen LogP contribution in [-0.2, 0) is 21.0 Å². The van der Waals surface area contributed by atoms with E-state index in [4.69, 9.17) is 0 Å². The molecule has 8 nitrogen and oxygen atoms in total. The number of hydrogen-bond acceptors (Lipinski definition) is 6. The van der Waals surface area contributed by atoms with Crippen molar-refractivity contribution in [3.63, 3.8) is 0 Å². The van der Waals surface area contributed by atoms with Gasteiger partial charge in [0, 0.05) is 26.2 Å². The third-order valence-corrected chi connectivity index (χ3v) is 7.25. The van der Waals surface area contributed by atoms with Gasteiger partial charge in [-0.3, -0.25) is 9.89 Å². The van der Waals surface area contributed by atoms with Crippen molar-refractivity contribution < 1.29 is 26.4 Å². The van der Waals surface area contributed by atoms with Gasteiger partial charge in [0.05, 0.1) is 15.7 Å². The van der Waals surface area contributed by atoms with Crippen LogP contribution >= 0.6 is 11.8 Å². The molecule has 0 bridgehead atoms. The van der Waals surface area contributed by atoms with Crippen molar-refractivity contribution in [2.75, 3.05) is 26.2 Å². The highest BCUT2D eigenvalue weighted by Gasteiger charge is 2.35. The van der Waals surface area contributed by atoms with Crippen LogP contribution in [0.3, 0.4) is 0 Å². The maximum Gasteiger partial charge on any atom is 0.416 e. The second kappa shape index (κ2) is 8.32. The van der Waals surface area contributed by atoms with Gasteiger partial charge >= 0.3 is 6.18 Å².